The largest absolute Gasteiger partial charge is 0.0988 e. The number of unbranched alkanes of at least 4 members (excludes halogenated alkanes) is 1. The normalized spacial score (nSPS) is 19.8. The Morgan fingerprint density at radius 3 is 2.25 bits per heavy atom. The summed E-state index contributed by atoms with van der Waals surface area (Å²) in [7, 11) is 0. The van der Waals surface area contributed by atoms with Crippen LogP contribution in [0.2, 0.25) is 0 Å². The Bertz CT molecular complexity index is 383. The quantitative estimate of drug-likeness (QED) is 0.298. The maximum Gasteiger partial charge on any atom is -0.0280 e. The van der Waals surface area contributed by atoms with Crippen molar-refractivity contribution < 1.29 is 0 Å². The molecule has 0 amide bonds. The molecule has 0 aromatic rings. The van der Waals surface area contributed by atoms with Crippen LogP contribution in [-0.2, 0) is 0 Å². The second kappa shape index (κ2) is 11.2. The van der Waals surface area contributed by atoms with E-state index >= 15 is 0 Å². The topological polar surface area (TPSA) is 0 Å². The summed E-state index contributed by atoms with van der Waals surface area (Å²) in [5, 5.41) is 0. The van der Waals surface area contributed by atoms with Crippen LogP contribution in [0.25, 0.3) is 0 Å². The summed E-state index contributed by atoms with van der Waals surface area (Å²) in [6.45, 7) is 18.4. The molecule has 1 aliphatic carbocycles. The van der Waals surface area contributed by atoms with Gasteiger partial charge in [-0.2, -0.15) is 0 Å². The van der Waals surface area contributed by atoms with Crippen LogP contribution in [0.5, 0.6) is 0 Å². The SMILES string of the molecule is C=CC(CCCC)=C(C)CCCC(CC(C)C(C)C(C)C)C1CC1. The molecule has 1 aliphatic rings. The van der Waals surface area contributed by atoms with Crippen molar-refractivity contribution in [2.75, 3.05) is 0 Å². The smallest absolute Gasteiger partial charge is 0.0280 e. The van der Waals surface area contributed by atoms with Crippen LogP contribution < -0.4 is 0 Å². The van der Waals surface area contributed by atoms with Crippen LogP contribution in [0.15, 0.2) is 23.8 Å². The maximum absolute atomic E-state index is 4.03. The van der Waals surface area contributed by atoms with Crippen molar-refractivity contribution >= 4 is 0 Å². The molecule has 0 heteroatoms. The number of hydrogen-bond acceptors (Lipinski definition) is 0. The van der Waals surface area contributed by atoms with Crippen molar-refractivity contribution in [3.63, 3.8) is 0 Å². The Balaban J connectivity index is 2.46. The average Bonchev–Trinajstić information content (AvgIpc) is 3.38. The highest BCUT2D eigenvalue weighted by Gasteiger charge is 2.32. The zero-order valence-corrected chi connectivity index (χ0v) is 17.5. The fraction of sp³-hybridized carbons (Fsp3) is 0.833. The molecular weight excluding hydrogens is 288 g/mol. The van der Waals surface area contributed by atoms with Crippen LogP contribution in [0.4, 0.5) is 0 Å². The zero-order chi connectivity index (χ0) is 18.1. The molecule has 1 rings (SSSR count). The van der Waals surface area contributed by atoms with E-state index in [2.05, 4.69) is 54.2 Å². The predicted octanol–water partition coefficient (Wildman–Crippen LogP) is 8.19. The Hall–Kier alpha value is -0.520. The summed E-state index contributed by atoms with van der Waals surface area (Å²) in [5.41, 5.74) is 3.11. The predicted molar refractivity (Wildman–Crippen MR) is 110 cm³/mol. The molecule has 1 fully saturated rings. The van der Waals surface area contributed by atoms with Gasteiger partial charge in [0.2, 0.25) is 0 Å². The van der Waals surface area contributed by atoms with E-state index < -0.39 is 0 Å². The first-order valence-corrected chi connectivity index (χ1v) is 10.7. The summed E-state index contributed by atoms with van der Waals surface area (Å²) in [6.07, 6.45) is 14.5. The van der Waals surface area contributed by atoms with Crippen LogP contribution in [0.1, 0.15) is 99.3 Å². The van der Waals surface area contributed by atoms with Gasteiger partial charge in [0.05, 0.1) is 0 Å². The molecule has 0 heterocycles. The fourth-order valence-electron chi connectivity index (χ4n) is 4.11. The highest BCUT2D eigenvalue weighted by atomic mass is 14.4. The molecule has 0 bridgehead atoms. The van der Waals surface area contributed by atoms with E-state index in [1.165, 1.54) is 63.4 Å². The summed E-state index contributed by atoms with van der Waals surface area (Å²) in [5.74, 6) is 4.58. The highest BCUT2D eigenvalue weighted by Crippen LogP contribution is 2.44. The van der Waals surface area contributed by atoms with Gasteiger partial charge >= 0.3 is 0 Å². The molecule has 3 unspecified atom stereocenters. The first-order valence-electron chi connectivity index (χ1n) is 10.7. The lowest BCUT2D eigenvalue weighted by Crippen LogP contribution is -2.18. The van der Waals surface area contributed by atoms with Crippen molar-refractivity contribution in [3.05, 3.63) is 23.8 Å². The third kappa shape index (κ3) is 7.58. The molecule has 0 spiro atoms. The summed E-state index contributed by atoms with van der Waals surface area (Å²) in [6, 6.07) is 0. The van der Waals surface area contributed by atoms with E-state index in [0.29, 0.717) is 0 Å². The minimum atomic E-state index is 0.818. The van der Waals surface area contributed by atoms with Gasteiger partial charge in [0, 0.05) is 0 Å². The molecule has 1 saturated carbocycles. The van der Waals surface area contributed by atoms with Crippen molar-refractivity contribution in [3.8, 4) is 0 Å². The molecule has 0 saturated heterocycles. The van der Waals surface area contributed by atoms with Crippen LogP contribution in [0, 0.1) is 29.6 Å². The maximum atomic E-state index is 4.03. The lowest BCUT2D eigenvalue weighted by Gasteiger charge is -2.28. The number of hydrogen-bond donors (Lipinski definition) is 0. The fourth-order valence-corrected chi connectivity index (χ4v) is 4.11. The van der Waals surface area contributed by atoms with E-state index in [9.17, 15) is 0 Å². The van der Waals surface area contributed by atoms with Gasteiger partial charge in [0.25, 0.3) is 0 Å². The Morgan fingerprint density at radius 1 is 1.08 bits per heavy atom. The minimum Gasteiger partial charge on any atom is -0.0988 e. The lowest BCUT2D eigenvalue weighted by molar-refractivity contribution is 0.227. The molecule has 0 aliphatic heterocycles. The summed E-state index contributed by atoms with van der Waals surface area (Å²) in [4.78, 5) is 0. The third-order valence-electron chi connectivity index (χ3n) is 6.63. The van der Waals surface area contributed by atoms with E-state index in [1.807, 2.05) is 0 Å². The summed E-state index contributed by atoms with van der Waals surface area (Å²) >= 11 is 0. The molecule has 0 radical (unpaired) electrons. The van der Waals surface area contributed by atoms with E-state index in [0.717, 1.165) is 29.6 Å². The van der Waals surface area contributed by atoms with E-state index in [1.54, 1.807) is 5.57 Å². The Morgan fingerprint density at radius 2 is 1.75 bits per heavy atom. The molecule has 0 nitrogen and oxygen atoms in total. The lowest BCUT2D eigenvalue weighted by atomic mass is 9.78. The second-order valence-electron chi connectivity index (χ2n) is 8.92. The van der Waals surface area contributed by atoms with Gasteiger partial charge in [-0.15, -0.1) is 0 Å². The molecular formula is C24H44. The third-order valence-corrected chi connectivity index (χ3v) is 6.63. The van der Waals surface area contributed by atoms with Crippen molar-refractivity contribution in [1.29, 1.82) is 0 Å². The molecule has 24 heavy (non-hydrogen) atoms. The molecule has 0 aromatic heterocycles. The van der Waals surface area contributed by atoms with Crippen LogP contribution in [-0.4, -0.2) is 0 Å². The van der Waals surface area contributed by atoms with E-state index in [4.69, 9.17) is 0 Å². The van der Waals surface area contributed by atoms with Gasteiger partial charge in [-0.1, -0.05) is 59.3 Å². The van der Waals surface area contributed by atoms with Crippen LogP contribution in [0.3, 0.4) is 0 Å². The Kier molecular flexibility index (Phi) is 10.0. The van der Waals surface area contributed by atoms with E-state index in [-0.39, 0.29) is 0 Å². The molecule has 140 valence electrons. The van der Waals surface area contributed by atoms with Gasteiger partial charge in [-0.25, -0.2) is 0 Å². The number of rotatable bonds is 13. The first-order chi connectivity index (χ1) is 11.4. The van der Waals surface area contributed by atoms with Crippen molar-refractivity contribution in [2.24, 2.45) is 29.6 Å². The minimum absolute atomic E-state index is 0.818. The molecule has 0 N–H and O–H groups in total. The van der Waals surface area contributed by atoms with Gasteiger partial charge < -0.3 is 0 Å². The van der Waals surface area contributed by atoms with Gasteiger partial charge in [0.15, 0.2) is 0 Å². The molecule has 3 atom stereocenters. The monoisotopic (exact) mass is 332 g/mol. The van der Waals surface area contributed by atoms with Crippen molar-refractivity contribution in [2.45, 2.75) is 99.3 Å². The zero-order valence-electron chi connectivity index (χ0n) is 17.5. The van der Waals surface area contributed by atoms with Gasteiger partial charge in [-0.05, 0) is 93.5 Å². The second-order valence-corrected chi connectivity index (χ2v) is 8.92. The van der Waals surface area contributed by atoms with Gasteiger partial charge in [0.1, 0.15) is 0 Å². The summed E-state index contributed by atoms with van der Waals surface area (Å²) < 4.78 is 0. The standard InChI is InChI=1S/C24H44/c1-8-10-13-22(9-2)19(5)12-11-14-24(23-15-16-23)17-20(6)21(7)18(3)4/h9,18,20-21,23-24H,2,8,10-17H2,1,3-7H3. The van der Waals surface area contributed by atoms with Gasteiger partial charge in [-0.3, -0.25) is 0 Å². The molecule has 0 aromatic carbocycles. The highest BCUT2D eigenvalue weighted by molar-refractivity contribution is 5.22. The van der Waals surface area contributed by atoms with Crippen molar-refractivity contribution in [1.82, 2.24) is 0 Å². The van der Waals surface area contributed by atoms with Crippen LogP contribution >= 0.6 is 0 Å². The Labute approximate surface area is 153 Å². The first kappa shape index (κ1) is 21.5. The average molecular weight is 333 g/mol. The number of allylic oxidation sites excluding steroid dienone is 3.